The van der Waals surface area contributed by atoms with E-state index in [0.29, 0.717) is 11.3 Å². The van der Waals surface area contributed by atoms with Crippen molar-refractivity contribution in [2.45, 2.75) is 31.7 Å². The van der Waals surface area contributed by atoms with Crippen molar-refractivity contribution in [3.05, 3.63) is 30.3 Å². The summed E-state index contributed by atoms with van der Waals surface area (Å²) in [4.78, 5) is 4.49. The van der Waals surface area contributed by atoms with E-state index in [0.717, 1.165) is 5.39 Å². The Morgan fingerprint density at radius 1 is 1.14 bits per heavy atom. The lowest BCUT2D eigenvalue weighted by molar-refractivity contribution is 0.476. The fourth-order valence-corrected chi connectivity index (χ4v) is 3.23. The average molecular weight is 308 g/mol. The maximum Gasteiger partial charge on any atom is 0.240 e. The molecule has 7 heteroatoms. The molecule has 0 spiro atoms. The van der Waals surface area contributed by atoms with E-state index in [2.05, 4.69) is 15.1 Å². The molecule has 114 valence electrons. The summed E-state index contributed by atoms with van der Waals surface area (Å²) in [6.45, 7) is 5.79. The van der Waals surface area contributed by atoms with Gasteiger partial charge in [-0.3, -0.25) is 0 Å². The Bertz CT molecular complexity index is 744. The van der Waals surface area contributed by atoms with Crippen LogP contribution in [0, 0.1) is 5.92 Å². The number of pyridine rings is 1. The first-order valence-electron chi connectivity index (χ1n) is 6.73. The van der Waals surface area contributed by atoms with E-state index in [4.69, 9.17) is 5.84 Å². The molecule has 6 nitrogen and oxygen atoms in total. The van der Waals surface area contributed by atoms with E-state index in [-0.39, 0.29) is 16.9 Å². The molecule has 0 amide bonds. The molecule has 1 aromatic heterocycles. The highest BCUT2D eigenvalue weighted by molar-refractivity contribution is 7.89. The SMILES string of the molecule is CC(C)C(C)NS(=O)(=O)c1ccc2nc(NN)ccc2c1. The predicted octanol–water partition coefficient (Wildman–Crippen LogP) is 1.84. The molecule has 0 aliphatic heterocycles. The predicted molar refractivity (Wildman–Crippen MR) is 84.2 cm³/mol. The smallest absolute Gasteiger partial charge is 0.240 e. The molecule has 21 heavy (non-hydrogen) atoms. The van der Waals surface area contributed by atoms with E-state index in [1.807, 2.05) is 20.8 Å². The van der Waals surface area contributed by atoms with Crippen LogP contribution in [0.1, 0.15) is 20.8 Å². The molecule has 0 fully saturated rings. The Morgan fingerprint density at radius 3 is 2.48 bits per heavy atom. The van der Waals surface area contributed by atoms with Crippen LogP contribution in [0.3, 0.4) is 0 Å². The van der Waals surface area contributed by atoms with Crippen LogP contribution in [0.4, 0.5) is 5.82 Å². The largest absolute Gasteiger partial charge is 0.308 e. The number of hydrogen-bond acceptors (Lipinski definition) is 5. The van der Waals surface area contributed by atoms with Crippen molar-refractivity contribution in [1.29, 1.82) is 0 Å². The molecule has 1 atom stereocenters. The molecular formula is C14H20N4O2S. The van der Waals surface area contributed by atoms with E-state index in [9.17, 15) is 8.42 Å². The summed E-state index contributed by atoms with van der Waals surface area (Å²) >= 11 is 0. The second-order valence-electron chi connectivity index (χ2n) is 5.35. The van der Waals surface area contributed by atoms with Gasteiger partial charge in [0, 0.05) is 11.4 Å². The average Bonchev–Trinajstić information content (AvgIpc) is 2.45. The lowest BCUT2D eigenvalue weighted by Crippen LogP contribution is -2.36. The molecule has 2 rings (SSSR count). The minimum atomic E-state index is -3.53. The van der Waals surface area contributed by atoms with Crippen molar-refractivity contribution in [3.8, 4) is 0 Å². The Balaban J connectivity index is 2.38. The van der Waals surface area contributed by atoms with Gasteiger partial charge in [-0.05, 0) is 43.2 Å². The molecule has 1 aromatic carbocycles. The zero-order valence-corrected chi connectivity index (χ0v) is 13.1. The Hall–Kier alpha value is -1.70. The number of fused-ring (bicyclic) bond motifs is 1. The second kappa shape index (κ2) is 5.97. The topological polar surface area (TPSA) is 97.1 Å². The van der Waals surface area contributed by atoms with Gasteiger partial charge in [-0.1, -0.05) is 13.8 Å². The van der Waals surface area contributed by atoms with Crippen LogP contribution in [0.2, 0.25) is 0 Å². The molecule has 0 saturated heterocycles. The summed E-state index contributed by atoms with van der Waals surface area (Å²) in [5.41, 5.74) is 3.14. The number of sulfonamides is 1. The third-order valence-corrected chi connectivity index (χ3v) is 5.02. The normalized spacial score (nSPS) is 13.6. The van der Waals surface area contributed by atoms with Gasteiger partial charge in [0.15, 0.2) is 0 Å². The number of anilines is 1. The molecule has 0 aliphatic rings. The second-order valence-corrected chi connectivity index (χ2v) is 7.06. The minimum absolute atomic E-state index is 0.132. The van der Waals surface area contributed by atoms with Crippen molar-refractivity contribution in [2.75, 3.05) is 5.43 Å². The van der Waals surface area contributed by atoms with Gasteiger partial charge in [-0.15, -0.1) is 0 Å². The number of nitrogens with one attached hydrogen (secondary N) is 2. The molecule has 0 bridgehead atoms. The number of benzene rings is 1. The molecule has 1 heterocycles. The Morgan fingerprint density at radius 2 is 1.86 bits per heavy atom. The standard InChI is InChI=1S/C14H20N4O2S/c1-9(2)10(3)18-21(19,20)12-5-6-13-11(8-12)4-7-14(16-13)17-15/h4-10,18H,15H2,1-3H3,(H,16,17). The van der Waals surface area contributed by atoms with Gasteiger partial charge >= 0.3 is 0 Å². The number of hydrazine groups is 1. The van der Waals surface area contributed by atoms with Crippen molar-refractivity contribution >= 4 is 26.7 Å². The van der Waals surface area contributed by atoms with Crippen molar-refractivity contribution in [2.24, 2.45) is 11.8 Å². The summed E-state index contributed by atoms with van der Waals surface area (Å²) in [5.74, 6) is 6.06. The first-order valence-corrected chi connectivity index (χ1v) is 8.21. The van der Waals surface area contributed by atoms with Crippen LogP contribution in [-0.4, -0.2) is 19.4 Å². The maximum absolute atomic E-state index is 12.3. The number of aromatic nitrogens is 1. The molecule has 1 unspecified atom stereocenters. The highest BCUT2D eigenvalue weighted by Crippen LogP contribution is 2.20. The highest BCUT2D eigenvalue weighted by atomic mass is 32.2. The lowest BCUT2D eigenvalue weighted by Gasteiger charge is -2.17. The van der Waals surface area contributed by atoms with E-state index in [1.54, 1.807) is 30.3 Å². The Kier molecular flexibility index (Phi) is 4.46. The fourth-order valence-electron chi connectivity index (χ4n) is 1.80. The minimum Gasteiger partial charge on any atom is -0.308 e. The van der Waals surface area contributed by atoms with Crippen LogP contribution in [-0.2, 0) is 10.0 Å². The summed E-state index contributed by atoms with van der Waals surface area (Å²) in [7, 11) is -3.53. The molecule has 2 aromatic rings. The van der Waals surface area contributed by atoms with Crippen molar-refractivity contribution in [1.82, 2.24) is 9.71 Å². The summed E-state index contributed by atoms with van der Waals surface area (Å²) < 4.78 is 27.4. The zero-order chi connectivity index (χ0) is 15.6. The molecule has 0 aliphatic carbocycles. The summed E-state index contributed by atoms with van der Waals surface area (Å²) in [5, 5.41) is 0.745. The number of hydrogen-bond donors (Lipinski definition) is 3. The van der Waals surface area contributed by atoms with Crippen molar-refractivity contribution in [3.63, 3.8) is 0 Å². The third-order valence-electron chi connectivity index (χ3n) is 3.46. The van der Waals surface area contributed by atoms with Crippen LogP contribution < -0.4 is 16.0 Å². The zero-order valence-electron chi connectivity index (χ0n) is 12.3. The molecule has 0 radical (unpaired) electrons. The molecule has 4 N–H and O–H groups in total. The summed E-state index contributed by atoms with van der Waals surface area (Å²) in [6.07, 6.45) is 0. The molecule has 0 saturated carbocycles. The van der Waals surface area contributed by atoms with Crippen LogP contribution in [0.25, 0.3) is 10.9 Å². The number of nitrogens with zero attached hydrogens (tertiary/aromatic N) is 1. The monoisotopic (exact) mass is 308 g/mol. The first kappa shape index (κ1) is 15.7. The van der Waals surface area contributed by atoms with E-state index >= 15 is 0 Å². The van der Waals surface area contributed by atoms with Gasteiger partial charge in [0.1, 0.15) is 5.82 Å². The van der Waals surface area contributed by atoms with Gasteiger partial charge in [0.25, 0.3) is 0 Å². The Labute approximate surface area is 124 Å². The van der Waals surface area contributed by atoms with Crippen LogP contribution in [0.15, 0.2) is 35.2 Å². The number of rotatable bonds is 5. The summed E-state index contributed by atoms with van der Waals surface area (Å²) in [6, 6.07) is 8.17. The molecular weight excluding hydrogens is 288 g/mol. The van der Waals surface area contributed by atoms with E-state index in [1.165, 1.54) is 0 Å². The number of nitrogens with two attached hydrogens (primary N) is 1. The van der Waals surface area contributed by atoms with Gasteiger partial charge in [-0.2, -0.15) is 0 Å². The fraction of sp³-hybridized carbons (Fsp3) is 0.357. The van der Waals surface area contributed by atoms with Gasteiger partial charge < -0.3 is 5.43 Å². The lowest BCUT2D eigenvalue weighted by atomic mass is 10.1. The van der Waals surface area contributed by atoms with Gasteiger partial charge in [0.2, 0.25) is 10.0 Å². The third kappa shape index (κ3) is 3.49. The van der Waals surface area contributed by atoms with Gasteiger partial charge in [-0.25, -0.2) is 24.0 Å². The quantitative estimate of drug-likeness (QED) is 0.578. The van der Waals surface area contributed by atoms with E-state index < -0.39 is 10.0 Å². The first-order chi connectivity index (χ1) is 9.83. The van der Waals surface area contributed by atoms with Gasteiger partial charge in [0.05, 0.1) is 10.4 Å². The van der Waals surface area contributed by atoms with Crippen molar-refractivity contribution < 1.29 is 8.42 Å². The highest BCUT2D eigenvalue weighted by Gasteiger charge is 2.19. The van der Waals surface area contributed by atoms with Crippen LogP contribution in [0.5, 0.6) is 0 Å². The van der Waals surface area contributed by atoms with Crippen LogP contribution >= 0.6 is 0 Å². The maximum atomic E-state index is 12.3. The number of nitrogen functional groups attached to an aromatic ring is 1.